The van der Waals surface area contributed by atoms with Crippen LogP contribution in [0.3, 0.4) is 0 Å². The molecule has 0 radical (unpaired) electrons. The molecule has 3 nitrogen and oxygen atoms in total. The molecule has 0 saturated heterocycles. The number of hydrogen-bond donors (Lipinski definition) is 1. The second-order valence-electron chi connectivity index (χ2n) is 4.54. The maximum atomic E-state index is 12.2. The summed E-state index contributed by atoms with van der Waals surface area (Å²) < 4.78 is 0. The van der Waals surface area contributed by atoms with Crippen molar-refractivity contribution < 1.29 is 9.59 Å². The Labute approximate surface area is 123 Å². The summed E-state index contributed by atoms with van der Waals surface area (Å²) >= 11 is 0. The van der Waals surface area contributed by atoms with Crippen LogP contribution < -0.4 is 6.15 Å². The smallest absolute Gasteiger partial charge is 0.187 e. The van der Waals surface area contributed by atoms with E-state index in [1.165, 1.54) is 12.2 Å². The second-order valence-corrected chi connectivity index (χ2v) is 4.54. The van der Waals surface area contributed by atoms with E-state index in [1.54, 1.807) is 0 Å². The highest BCUT2D eigenvalue weighted by Gasteiger charge is 2.24. The molecule has 0 saturated carbocycles. The lowest BCUT2D eigenvalue weighted by Gasteiger charge is -2.15. The van der Waals surface area contributed by atoms with Crippen LogP contribution >= 0.6 is 0 Å². The molecule has 0 atom stereocenters. The average Bonchev–Trinajstić information content (AvgIpc) is 2.51. The zero-order valence-corrected chi connectivity index (χ0v) is 11.5. The van der Waals surface area contributed by atoms with Gasteiger partial charge >= 0.3 is 0 Å². The van der Waals surface area contributed by atoms with Crippen LogP contribution in [0.2, 0.25) is 0 Å². The van der Waals surface area contributed by atoms with Crippen molar-refractivity contribution in [3.8, 4) is 0 Å². The van der Waals surface area contributed by atoms with E-state index in [-0.39, 0.29) is 17.7 Å². The van der Waals surface area contributed by atoms with Gasteiger partial charge in [-0.3, -0.25) is 9.59 Å². The molecule has 0 aliphatic heterocycles. The van der Waals surface area contributed by atoms with Crippen LogP contribution in [-0.2, 0) is 9.59 Å². The van der Waals surface area contributed by atoms with Crippen molar-refractivity contribution in [3.63, 3.8) is 0 Å². The van der Waals surface area contributed by atoms with Gasteiger partial charge in [-0.1, -0.05) is 60.7 Å². The number of allylic oxidation sites excluding steroid dienone is 4. The van der Waals surface area contributed by atoms with Gasteiger partial charge in [-0.2, -0.15) is 0 Å². The summed E-state index contributed by atoms with van der Waals surface area (Å²) in [6.07, 6.45) is 2.69. The number of carbonyl (C=O) groups is 2. The summed E-state index contributed by atoms with van der Waals surface area (Å²) in [7, 11) is 0. The molecule has 0 fully saturated rings. The van der Waals surface area contributed by atoms with Gasteiger partial charge in [0.15, 0.2) is 11.6 Å². The van der Waals surface area contributed by atoms with Crippen molar-refractivity contribution in [2.24, 2.45) is 0 Å². The first-order valence-electron chi connectivity index (χ1n) is 6.39. The van der Waals surface area contributed by atoms with Crippen LogP contribution in [0.5, 0.6) is 0 Å². The summed E-state index contributed by atoms with van der Waals surface area (Å²) in [4.78, 5) is 24.5. The van der Waals surface area contributed by atoms with Crippen molar-refractivity contribution in [1.29, 1.82) is 0 Å². The van der Waals surface area contributed by atoms with Gasteiger partial charge in [-0.15, -0.1) is 0 Å². The molecule has 1 aliphatic carbocycles. The highest BCUT2D eigenvalue weighted by Crippen LogP contribution is 2.31. The average molecular weight is 277 g/mol. The van der Waals surface area contributed by atoms with Crippen molar-refractivity contribution in [1.82, 2.24) is 6.15 Å². The van der Waals surface area contributed by atoms with Crippen LogP contribution in [0.25, 0.3) is 11.1 Å². The molecule has 21 heavy (non-hydrogen) atoms. The first-order chi connectivity index (χ1) is 9.77. The van der Waals surface area contributed by atoms with Gasteiger partial charge in [0.25, 0.3) is 0 Å². The number of carbonyl (C=O) groups excluding carboxylic acids is 2. The Morgan fingerprint density at radius 1 is 0.524 bits per heavy atom. The summed E-state index contributed by atoms with van der Waals surface area (Å²) in [6.45, 7) is 0. The zero-order chi connectivity index (χ0) is 13.9. The van der Waals surface area contributed by atoms with E-state index in [1.807, 2.05) is 60.7 Å². The maximum Gasteiger partial charge on any atom is 0.187 e. The van der Waals surface area contributed by atoms with Gasteiger partial charge in [-0.05, 0) is 23.3 Å². The van der Waals surface area contributed by atoms with Gasteiger partial charge < -0.3 is 6.15 Å². The third kappa shape index (κ3) is 2.73. The highest BCUT2D eigenvalue weighted by atomic mass is 16.1. The molecule has 0 spiro atoms. The van der Waals surface area contributed by atoms with E-state index in [2.05, 4.69) is 0 Å². The molecule has 0 amide bonds. The van der Waals surface area contributed by atoms with E-state index >= 15 is 0 Å². The monoisotopic (exact) mass is 277 g/mol. The Kier molecular flexibility index (Phi) is 4.26. The van der Waals surface area contributed by atoms with Crippen LogP contribution in [-0.4, -0.2) is 11.6 Å². The third-order valence-corrected chi connectivity index (χ3v) is 3.25. The molecule has 2 aromatic carbocycles. The standard InChI is InChI=1S/C18H12O2.H3N/c19-15-11-12-16(20)18(14-9-5-2-6-10-14)17(15)13-7-3-1-4-8-13;/h1-12H;1H3. The Morgan fingerprint density at radius 3 is 1.19 bits per heavy atom. The molecule has 0 unspecified atom stereocenters. The zero-order valence-electron chi connectivity index (χ0n) is 11.5. The third-order valence-electron chi connectivity index (χ3n) is 3.25. The molecule has 0 heterocycles. The lowest BCUT2D eigenvalue weighted by Crippen LogP contribution is -2.13. The van der Waals surface area contributed by atoms with Crippen LogP contribution in [0.15, 0.2) is 72.8 Å². The van der Waals surface area contributed by atoms with Crippen molar-refractivity contribution in [2.45, 2.75) is 0 Å². The second kappa shape index (κ2) is 6.11. The topological polar surface area (TPSA) is 69.1 Å². The molecule has 0 bridgehead atoms. The van der Waals surface area contributed by atoms with Crippen molar-refractivity contribution >= 4 is 22.7 Å². The van der Waals surface area contributed by atoms with E-state index in [0.717, 1.165) is 11.1 Å². The van der Waals surface area contributed by atoms with E-state index in [0.29, 0.717) is 11.1 Å². The van der Waals surface area contributed by atoms with Gasteiger partial charge in [0.2, 0.25) is 0 Å². The minimum absolute atomic E-state index is 0. The van der Waals surface area contributed by atoms with Gasteiger partial charge in [0.1, 0.15) is 0 Å². The number of benzene rings is 2. The SMILES string of the molecule is N.O=C1C=CC(=O)C(c2ccccc2)=C1c1ccccc1. The summed E-state index contributed by atoms with van der Waals surface area (Å²) in [5.74, 6) is -0.260. The normalized spacial score (nSPS) is 14.1. The number of hydrogen-bond acceptors (Lipinski definition) is 3. The lowest BCUT2D eigenvalue weighted by atomic mass is 9.86. The van der Waals surface area contributed by atoms with Crippen LogP contribution in [0.4, 0.5) is 0 Å². The fourth-order valence-electron chi connectivity index (χ4n) is 2.35. The molecule has 104 valence electrons. The Morgan fingerprint density at radius 2 is 0.857 bits per heavy atom. The largest absolute Gasteiger partial charge is 0.344 e. The first kappa shape index (κ1) is 14.6. The molecular weight excluding hydrogens is 262 g/mol. The Bertz CT molecular complexity index is 665. The first-order valence-corrected chi connectivity index (χ1v) is 6.39. The maximum absolute atomic E-state index is 12.2. The summed E-state index contributed by atoms with van der Waals surface area (Å²) in [5, 5.41) is 0. The van der Waals surface area contributed by atoms with E-state index < -0.39 is 0 Å². The van der Waals surface area contributed by atoms with Crippen LogP contribution in [0.1, 0.15) is 11.1 Å². The van der Waals surface area contributed by atoms with Gasteiger partial charge in [-0.25, -0.2) is 0 Å². The number of rotatable bonds is 2. The fraction of sp³-hybridized carbons (Fsp3) is 0. The molecule has 2 aromatic rings. The lowest BCUT2D eigenvalue weighted by molar-refractivity contribution is -0.112. The Balaban J connectivity index is 0.00000161. The predicted octanol–water partition coefficient (Wildman–Crippen LogP) is 3.47. The minimum atomic E-state index is -0.130. The summed E-state index contributed by atoms with van der Waals surface area (Å²) in [5.41, 5.74) is 2.50. The number of ketones is 2. The minimum Gasteiger partial charge on any atom is -0.344 e. The van der Waals surface area contributed by atoms with Crippen LogP contribution in [0, 0.1) is 0 Å². The molecule has 3 heteroatoms. The molecule has 3 rings (SSSR count). The van der Waals surface area contributed by atoms with Gasteiger partial charge in [0.05, 0.1) is 0 Å². The molecule has 3 N–H and O–H groups in total. The van der Waals surface area contributed by atoms with E-state index in [4.69, 9.17) is 0 Å². The summed E-state index contributed by atoms with van der Waals surface area (Å²) in [6, 6.07) is 18.6. The molecule has 1 aliphatic rings. The Hall–Kier alpha value is -2.78. The fourth-order valence-corrected chi connectivity index (χ4v) is 2.35. The van der Waals surface area contributed by atoms with E-state index in [9.17, 15) is 9.59 Å². The predicted molar refractivity (Wildman–Crippen MR) is 83.9 cm³/mol. The van der Waals surface area contributed by atoms with Crippen molar-refractivity contribution in [2.75, 3.05) is 0 Å². The molecule has 0 aromatic heterocycles. The molecular formula is C18H15NO2. The van der Waals surface area contributed by atoms with Crippen molar-refractivity contribution in [3.05, 3.63) is 83.9 Å². The highest BCUT2D eigenvalue weighted by molar-refractivity contribution is 6.48. The quantitative estimate of drug-likeness (QED) is 0.854. The van der Waals surface area contributed by atoms with Gasteiger partial charge in [0, 0.05) is 11.1 Å².